The highest BCUT2D eigenvalue weighted by Gasteiger charge is 2.05. The molecule has 1 atom stereocenters. The monoisotopic (exact) mass is 286 g/mol. The maximum atomic E-state index is 13.2. The minimum absolute atomic E-state index is 0.128. The maximum Gasteiger partial charge on any atom is 0.126 e. The summed E-state index contributed by atoms with van der Waals surface area (Å²) in [6, 6.07) is 9.88. The van der Waals surface area contributed by atoms with Crippen molar-refractivity contribution in [2.75, 3.05) is 6.54 Å². The molecule has 0 bridgehead atoms. The second kappa shape index (κ2) is 7.89. The van der Waals surface area contributed by atoms with Crippen LogP contribution in [0, 0.1) is 12.7 Å². The summed E-state index contributed by atoms with van der Waals surface area (Å²) in [7, 11) is 0. The Hall–Kier alpha value is -1.74. The van der Waals surface area contributed by atoms with Gasteiger partial charge in [0.25, 0.3) is 0 Å². The van der Waals surface area contributed by atoms with Crippen molar-refractivity contribution in [1.29, 1.82) is 0 Å². The normalized spacial score (nSPS) is 12.3. The van der Waals surface area contributed by atoms with Crippen molar-refractivity contribution in [2.24, 2.45) is 0 Å². The first kappa shape index (κ1) is 15.6. The number of pyridine rings is 1. The molecular formula is C18H23FN2. The van der Waals surface area contributed by atoms with Crippen LogP contribution in [0.4, 0.5) is 4.39 Å². The molecule has 0 amide bonds. The van der Waals surface area contributed by atoms with Crippen LogP contribution in [0.15, 0.2) is 42.7 Å². The molecule has 0 aliphatic heterocycles. The van der Waals surface area contributed by atoms with Gasteiger partial charge in [-0.3, -0.25) is 4.98 Å². The van der Waals surface area contributed by atoms with Crippen LogP contribution in [0.3, 0.4) is 0 Å². The van der Waals surface area contributed by atoms with E-state index in [9.17, 15) is 4.39 Å². The fraction of sp³-hybridized carbons (Fsp3) is 0.389. The highest BCUT2D eigenvalue weighted by molar-refractivity contribution is 5.24. The summed E-state index contributed by atoms with van der Waals surface area (Å²) in [6.07, 6.45) is 6.77. The number of aromatic nitrogens is 1. The third kappa shape index (κ3) is 5.27. The van der Waals surface area contributed by atoms with E-state index >= 15 is 0 Å². The topological polar surface area (TPSA) is 24.9 Å². The molecule has 1 aromatic carbocycles. The van der Waals surface area contributed by atoms with E-state index in [1.807, 2.05) is 31.5 Å². The van der Waals surface area contributed by atoms with Crippen LogP contribution in [0.5, 0.6) is 0 Å². The van der Waals surface area contributed by atoms with Gasteiger partial charge in [0.2, 0.25) is 0 Å². The van der Waals surface area contributed by atoms with E-state index in [4.69, 9.17) is 0 Å². The van der Waals surface area contributed by atoms with Crippen molar-refractivity contribution in [3.8, 4) is 0 Å². The van der Waals surface area contributed by atoms with Crippen LogP contribution in [-0.4, -0.2) is 17.6 Å². The van der Waals surface area contributed by atoms with Gasteiger partial charge in [0.15, 0.2) is 0 Å². The van der Waals surface area contributed by atoms with Crippen molar-refractivity contribution in [2.45, 2.75) is 39.2 Å². The fourth-order valence-corrected chi connectivity index (χ4v) is 2.45. The number of aryl methyl sites for hydroxylation is 2. The molecule has 2 aromatic rings. The second-order valence-electron chi connectivity index (χ2n) is 5.60. The molecule has 0 saturated heterocycles. The molecule has 0 radical (unpaired) electrons. The van der Waals surface area contributed by atoms with Crippen LogP contribution in [0.25, 0.3) is 0 Å². The van der Waals surface area contributed by atoms with E-state index in [0.717, 1.165) is 31.4 Å². The summed E-state index contributed by atoms with van der Waals surface area (Å²) in [4.78, 5) is 4.02. The Bertz CT molecular complexity index is 554. The van der Waals surface area contributed by atoms with Crippen LogP contribution < -0.4 is 5.32 Å². The van der Waals surface area contributed by atoms with E-state index in [2.05, 4.69) is 29.4 Å². The lowest BCUT2D eigenvalue weighted by atomic mass is 10.0. The molecule has 1 N–H and O–H groups in total. The molecule has 2 nitrogen and oxygen atoms in total. The van der Waals surface area contributed by atoms with Crippen LogP contribution in [0.1, 0.15) is 30.0 Å². The van der Waals surface area contributed by atoms with E-state index in [1.165, 1.54) is 11.1 Å². The average Bonchev–Trinajstić information content (AvgIpc) is 2.49. The lowest BCUT2D eigenvalue weighted by Crippen LogP contribution is -2.29. The Morgan fingerprint density at radius 2 is 1.90 bits per heavy atom. The third-order valence-corrected chi connectivity index (χ3v) is 3.65. The van der Waals surface area contributed by atoms with Crippen LogP contribution in [0.2, 0.25) is 0 Å². The molecular weight excluding hydrogens is 263 g/mol. The van der Waals surface area contributed by atoms with Crippen molar-refractivity contribution in [3.63, 3.8) is 0 Å². The smallest absolute Gasteiger partial charge is 0.126 e. The molecule has 21 heavy (non-hydrogen) atoms. The van der Waals surface area contributed by atoms with Gasteiger partial charge in [0, 0.05) is 18.4 Å². The molecule has 1 unspecified atom stereocenters. The molecule has 0 saturated carbocycles. The summed E-state index contributed by atoms with van der Waals surface area (Å²) in [6.45, 7) is 4.97. The van der Waals surface area contributed by atoms with Gasteiger partial charge in [0.05, 0.1) is 0 Å². The van der Waals surface area contributed by atoms with Crippen molar-refractivity contribution in [3.05, 3.63) is 65.2 Å². The molecule has 1 aromatic heterocycles. The number of nitrogens with one attached hydrogen (secondary N) is 1. The van der Waals surface area contributed by atoms with Crippen molar-refractivity contribution >= 4 is 0 Å². The number of rotatable bonds is 7. The first-order valence-electron chi connectivity index (χ1n) is 7.52. The average molecular weight is 286 g/mol. The SMILES string of the molecule is Cc1cc(CC(C)NCCCc2ccncc2)ccc1F. The van der Waals surface area contributed by atoms with Crippen molar-refractivity contribution < 1.29 is 4.39 Å². The zero-order valence-corrected chi connectivity index (χ0v) is 12.8. The molecule has 0 aliphatic rings. The molecule has 1 heterocycles. The molecule has 112 valence electrons. The van der Waals surface area contributed by atoms with Gasteiger partial charge in [-0.05, 0) is 74.5 Å². The summed E-state index contributed by atoms with van der Waals surface area (Å²) < 4.78 is 13.2. The summed E-state index contributed by atoms with van der Waals surface area (Å²) in [5.41, 5.74) is 3.23. The van der Waals surface area contributed by atoms with Crippen LogP contribution >= 0.6 is 0 Å². The van der Waals surface area contributed by atoms with Crippen molar-refractivity contribution in [1.82, 2.24) is 10.3 Å². The van der Waals surface area contributed by atoms with Gasteiger partial charge in [0.1, 0.15) is 5.82 Å². The standard InChI is InChI=1S/C18H23FN2/c1-14-12-17(5-6-18(14)19)13-15(2)21-9-3-4-16-7-10-20-11-8-16/h5-8,10-12,15,21H,3-4,9,13H2,1-2H3. The maximum absolute atomic E-state index is 13.2. The predicted octanol–water partition coefficient (Wildman–Crippen LogP) is 3.68. The predicted molar refractivity (Wildman–Crippen MR) is 84.9 cm³/mol. The minimum Gasteiger partial charge on any atom is -0.314 e. The zero-order valence-electron chi connectivity index (χ0n) is 12.8. The second-order valence-corrected chi connectivity index (χ2v) is 5.60. The zero-order chi connectivity index (χ0) is 15.1. The third-order valence-electron chi connectivity index (χ3n) is 3.65. The Morgan fingerprint density at radius 1 is 1.14 bits per heavy atom. The van der Waals surface area contributed by atoms with Gasteiger partial charge < -0.3 is 5.32 Å². The highest BCUT2D eigenvalue weighted by atomic mass is 19.1. The summed E-state index contributed by atoms with van der Waals surface area (Å²) >= 11 is 0. The number of hydrogen-bond acceptors (Lipinski definition) is 2. The Labute approximate surface area is 126 Å². The lowest BCUT2D eigenvalue weighted by Gasteiger charge is -2.14. The highest BCUT2D eigenvalue weighted by Crippen LogP contribution is 2.11. The summed E-state index contributed by atoms with van der Waals surface area (Å²) in [5, 5.41) is 3.53. The number of nitrogens with zero attached hydrogens (tertiary/aromatic N) is 1. The van der Waals surface area contributed by atoms with E-state index in [-0.39, 0.29) is 5.82 Å². The van der Waals surface area contributed by atoms with E-state index in [1.54, 1.807) is 6.07 Å². The fourth-order valence-electron chi connectivity index (χ4n) is 2.45. The Kier molecular flexibility index (Phi) is 5.88. The molecule has 0 aliphatic carbocycles. The molecule has 2 rings (SSSR count). The Balaban J connectivity index is 1.70. The molecule has 0 spiro atoms. The first-order valence-corrected chi connectivity index (χ1v) is 7.52. The quantitative estimate of drug-likeness (QED) is 0.785. The summed E-state index contributed by atoms with van der Waals surface area (Å²) in [5.74, 6) is -0.128. The van der Waals surface area contributed by atoms with Gasteiger partial charge in [-0.2, -0.15) is 0 Å². The van der Waals surface area contributed by atoms with Crippen LogP contribution in [-0.2, 0) is 12.8 Å². The molecule has 0 fully saturated rings. The number of benzene rings is 1. The largest absolute Gasteiger partial charge is 0.314 e. The van der Waals surface area contributed by atoms with E-state index < -0.39 is 0 Å². The lowest BCUT2D eigenvalue weighted by molar-refractivity contribution is 0.533. The minimum atomic E-state index is -0.128. The number of hydrogen-bond donors (Lipinski definition) is 1. The van der Waals surface area contributed by atoms with E-state index in [0.29, 0.717) is 6.04 Å². The number of halogens is 1. The van der Waals surface area contributed by atoms with Gasteiger partial charge in [-0.25, -0.2) is 4.39 Å². The van der Waals surface area contributed by atoms with Gasteiger partial charge >= 0.3 is 0 Å². The van der Waals surface area contributed by atoms with Gasteiger partial charge in [-0.1, -0.05) is 12.1 Å². The Morgan fingerprint density at radius 3 is 2.62 bits per heavy atom. The van der Waals surface area contributed by atoms with Gasteiger partial charge in [-0.15, -0.1) is 0 Å². The first-order chi connectivity index (χ1) is 10.1. The molecule has 3 heteroatoms.